The van der Waals surface area contributed by atoms with Crippen molar-refractivity contribution in [3.8, 4) is 11.5 Å². The van der Waals surface area contributed by atoms with Gasteiger partial charge in [0.25, 0.3) is 0 Å². The average molecular weight is 408 g/mol. The van der Waals surface area contributed by atoms with Crippen molar-refractivity contribution in [3.63, 3.8) is 0 Å². The van der Waals surface area contributed by atoms with Crippen LogP contribution in [-0.2, 0) is 9.84 Å². The van der Waals surface area contributed by atoms with Crippen molar-refractivity contribution in [2.45, 2.75) is 23.6 Å². The summed E-state index contributed by atoms with van der Waals surface area (Å²) in [5.41, 5.74) is 6.33. The topological polar surface area (TPSA) is 77.0 Å². The summed E-state index contributed by atoms with van der Waals surface area (Å²) < 4.78 is 36.2. The van der Waals surface area contributed by atoms with Crippen LogP contribution in [0.3, 0.4) is 0 Å². The molecule has 0 aromatic heterocycles. The molecule has 0 fully saturated rings. The van der Waals surface area contributed by atoms with Gasteiger partial charge >= 0.3 is 0 Å². The predicted molar refractivity (Wildman–Crippen MR) is 111 cm³/mol. The molecular weight excluding hydrogens is 388 g/mol. The molecule has 1 aliphatic rings. The molecule has 0 radical (unpaired) electrons. The van der Waals surface area contributed by atoms with E-state index in [9.17, 15) is 8.42 Å². The van der Waals surface area contributed by atoms with E-state index in [2.05, 4.69) is 10.5 Å². The highest BCUT2D eigenvalue weighted by molar-refractivity contribution is 7.91. The van der Waals surface area contributed by atoms with E-state index in [4.69, 9.17) is 9.47 Å². The first-order valence-corrected chi connectivity index (χ1v) is 10.5. The SMILES string of the molecule is C/C(=N/Nc1ccc(S(=O)(=O)c2ccc(C)cc2)cc1)c1ccc2c(c1)OCO2. The van der Waals surface area contributed by atoms with E-state index in [1.807, 2.05) is 32.0 Å². The maximum absolute atomic E-state index is 12.7. The van der Waals surface area contributed by atoms with Crippen LogP contribution in [0.1, 0.15) is 18.1 Å². The molecule has 0 atom stereocenters. The van der Waals surface area contributed by atoms with Crippen LogP contribution in [0.5, 0.6) is 11.5 Å². The third-order valence-electron chi connectivity index (χ3n) is 4.64. The Balaban J connectivity index is 1.49. The Hall–Kier alpha value is -3.32. The molecule has 1 aliphatic heterocycles. The van der Waals surface area contributed by atoms with Gasteiger partial charge in [0.05, 0.1) is 21.2 Å². The second-order valence-electron chi connectivity index (χ2n) is 6.72. The van der Waals surface area contributed by atoms with Crippen molar-refractivity contribution >= 4 is 21.2 Å². The Kier molecular flexibility index (Phi) is 4.98. The fourth-order valence-corrected chi connectivity index (χ4v) is 4.16. The van der Waals surface area contributed by atoms with Crippen LogP contribution in [0.25, 0.3) is 0 Å². The van der Waals surface area contributed by atoms with E-state index in [0.29, 0.717) is 11.4 Å². The van der Waals surface area contributed by atoms with Gasteiger partial charge < -0.3 is 9.47 Å². The van der Waals surface area contributed by atoms with Gasteiger partial charge in [-0.3, -0.25) is 5.43 Å². The van der Waals surface area contributed by atoms with Crippen LogP contribution in [0.4, 0.5) is 5.69 Å². The van der Waals surface area contributed by atoms with E-state index >= 15 is 0 Å². The number of ether oxygens (including phenoxy) is 2. The van der Waals surface area contributed by atoms with Gasteiger partial charge in [-0.1, -0.05) is 17.7 Å². The van der Waals surface area contributed by atoms with Crippen LogP contribution in [0.2, 0.25) is 0 Å². The minimum Gasteiger partial charge on any atom is -0.454 e. The molecule has 4 rings (SSSR count). The Morgan fingerprint density at radius 3 is 2.21 bits per heavy atom. The van der Waals surface area contributed by atoms with E-state index in [-0.39, 0.29) is 16.6 Å². The van der Waals surface area contributed by atoms with Gasteiger partial charge in [-0.05, 0) is 68.4 Å². The van der Waals surface area contributed by atoms with Crippen LogP contribution >= 0.6 is 0 Å². The lowest BCUT2D eigenvalue weighted by atomic mass is 10.1. The molecule has 148 valence electrons. The van der Waals surface area contributed by atoms with Crippen molar-refractivity contribution in [2.75, 3.05) is 12.2 Å². The molecule has 0 spiro atoms. The van der Waals surface area contributed by atoms with Crippen LogP contribution in [-0.4, -0.2) is 20.9 Å². The molecule has 0 saturated heterocycles. The molecule has 1 N–H and O–H groups in total. The van der Waals surface area contributed by atoms with Crippen molar-refractivity contribution in [3.05, 3.63) is 77.9 Å². The molecule has 0 saturated carbocycles. The second-order valence-corrected chi connectivity index (χ2v) is 8.67. The number of nitrogens with one attached hydrogen (secondary N) is 1. The fourth-order valence-electron chi connectivity index (χ4n) is 2.90. The lowest BCUT2D eigenvalue weighted by Crippen LogP contribution is -2.03. The first-order chi connectivity index (χ1) is 13.9. The van der Waals surface area contributed by atoms with Crippen LogP contribution < -0.4 is 14.9 Å². The zero-order valence-electron chi connectivity index (χ0n) is 16.0. The lowest BCUT2D eigenvalue weighted by molar-refractivity contribution is 0.174. The minimum absolute atomic E-state index is 0.227. The standard InChI is InChI=1S/C22H20N2O4S/c1-15-3-8-19(9-4-15)29(25,26)20-10-6-18(7-11-20)24-23-16(2)17-5-12-21-22(13-17)28-14-27-21/h3-13,24H,14H2,1-2H3/b23-16-. The smallest absolute Gasteiger partial charge is 0.231 e. The molecular formula is C22H20N2O4S. The second kappa shape index (κ2) is 7.60. The summed E-state index contributed by atoms with van der Waals surface area (Å²) in [5.74, 6) is 1.42. The Morgan fingerprint density at radius 2 is 1.52 bits per heavy atom. The Bertz CT molecular complexity index is 1170. The average Bonchev–Trinajstić information content (AvgIpc) is 3.20. The fraction of sp³-hybridized carbons (Fsp3) is 0.136. The number of hydrazone groups is 1. The van der Waals surface area contributed by atoms with Crippen molar-refractivity contribution in [1.82, 2.24) is 0 Å². The Morgan fingerprint density at radius 1 is 0.897 bits per heavy atom. The molecule has 0 bridgehead atoms. The van der Waals surface area contributed by atoms with Crippen LogP contribution in [0, 0.1) is 6.92 Å². The molecule has 0 unspecified atom stereocenters. The number of hydrogen-bond acceptors (Lipinski definition) is 6. The number of anilines is 1. The zero-order chi connectivity index (χ0) is 20.4. The molecule has 1 heterocycles. The third kappa shape index (κ3) is 3.95. The molecule has 3 aromatic rings. The number of hydrogen-bond donors (Lipinski definition) is 1. The monoisotopic (exact) mass is 408 g/mol. The molecule has 29 heavy (non-hydrogen) atoms. The summed E-state index contributed by atoms with van der Waals surface area (Å²) in [4.78, 5) is 0.517. The lowest BCUT2D eigenvalue weighted by Gasteiger charge is -2.07. The summed E-state index contributed by atoms with van der Waals surface area (Å²) in [5, 5.41) is 4.37. The van der Waals surface area contributed by atoms with Gasteiger partial charge in [0.15, 0.2) is 11.5 Å². The zero-order valence-corrected chi connectivity index (χ0v) is 16.9. The normalized spacial score (nSPS) is 13.4. The summed E-state index contributed by atoms with van der Waals surface area (Å²) in [6.45, 7) is 4.02. The molecule has 7 heteroatoms. The quantitative estimate of drug-likeness (QED) is 0.500. The third-order valence-corrected chi connectivity index (χ3v) is 6.42. The Labute approximate surface area is 169 Å². The first-order valence-electron chi connectivity index (χ1n) is 9.06. The molecule has 0 aliphatic carbocycles. The minimum atomic E-state index is -3.54. The van der Waals surface area contributed by atoms with Gasteiger partial charge in [0.1, 0.15) is 0 Å². The molecule has 0 amide bonds. The van der Waals surface area contributed by atoms with E-state index in [1.54, 1.807) is 48.5 Å². The summed E-state index contributed by atoms with van der Waals surface area (Å²) >= 11 is 0. The van der Waals surface area contributed by atoms with Crippen molar-refractivity contribution < 1.29 is 17.9 Å². The van der Waals surface area contributed by atoms with Gasteiger partial charge in [0.2, 0.25) is 16.6 Å². The van der Waals surface area contributed by atoms with E-state index < -0.39 is 9.84 Å². The highest BCUT2D eigenvalue weighted by atomic mass is 32.2. The number of nitrogens with zero attached hydrogens (tertiary/aromatic N) is 1. The number of sulfone groups is 1. The van der Waals surface area contributed by atoms with Crippen LogP contribution in [0.15, 0.2) is 81.6 Å². The first kappa shape index (κ1) is 19.0. The highest BCUT2D eigenvalue weighted by Gasteiger charge is 2.17. The van der Waals surface area contributed by atoms with Gasteiger partial charge in [-0.2, -0.15) is 5.10 Å². The number of rotatable bonds is 5. The van der Waals surface area contributed by atoms with Gasteiger partial charge in [-0.25, -0.2) is 8.42 Å². The maximum Gasteiger partial charge on any atom is 0.231 e. The van der Waals surface area contributed by atoms with Crippen molar-refractivity contribution in [1.29, 1.82) is 0 Å². The predicted octanol–water partition coefficient (Wildman–Crippen LogP) is 4.39. The van der Waals surface area contributed by atoms with Gasteiger partial charge in [-0.15, -0.1) is 0 Å². The van der Waals surface area contributed by atoms with E-state index in [1.165, 1.54) is 0 Å². The highest BCUT2D eigenvalue weighted by Crippen LogP contribution is 2.32. The number of fused-ring (bicyclic) bond motifs is 1. The number of benzene rings is 3. The number of aryl methyl sites for hydroxylation is 1. The largest absolute Gasteiger partial charge is 0.454 e. The summed E-state index contributed by atoms with van der Waals surface area (Å²) in [7, 11) is -3.54. The van der Waals surface area contributed by atoms with Crippen molar-refractivity contribution in [2.24, 2.45) is 5.10 Å². The van der Waals surface area contributed by atoms with Gasteiger partial charge in [0, 0.05) is 5.56 Å². The molecule has 3 aromatic carbocycles. The maximum atomic E-state index is 12.7. The summed E-state index contributed by atoms with van der Waals surface area (Å²) in [6, 6.07) is 19.0. The summed E-state index contributed by atoms with van der Waals surface area (Å²) in [6.07, 6.45) is 0. The molecule has 6 nitrogen and oxygen atoms in total. The van der Waals surface area contributed by atoms with E-state index in [0.717, 1.165) is 22.6 Å².